The lowest BCUT2D eigenvalue weighted by Crippen LogP contribution is -2.38. The van der Waals surface area contributed by atoms with Crippen LogP contribution in [0.15, 0.2) is 44.6 Å². The first kappa shape index (κ1) is 17.7. The number of amides is 1. The molecule has 134 valence electrons. The fourth-order valence-corrected chi connectivity index (χ4v) is 4.17. The fraction of sp³-hybridized carbons (Fsp3) is 0.222. The van der Waals surface area contributed by atoms with Gasteiger partial charge in [-0.3, -0.25) is 4.79 Å². The molecule has 1 aromatic heterocycles. The summed E-state index contributed by atoms with van der Waals surface area (Å²) in [5.41, 5.74) is 0.780. The van der Waals surface area contributed by atoms with Gasteiger partial charge in [-0.1, -0.05) is 23.2 Å². The summed E-state index contributed by atoms with van der Waals surface area (Å²) in [5.74, 6) is 0.955. The highest BCUT2D eigenvalue weighted by Gasteiger charge is 2.27. The predicted molar refractivity (Wildman–Crippen MR) is 105 cm³/mol. The molecule has 0 spiro atoms. The van der Waals surface area contributed by atoms with Crippen molar-refractivity contribution in [3.05, 3.63) is 51.0 Å². The van der Waals surface area contributed by atoms with Gasteiger partial charge in [0, 0.05) is 34.8 Å². The van der Waals surface area contributed by atoms with Gasteiger partial charge in [-0.25, -0.2) is 0 Å². The molecule has 0 bridgehead atoms. The number of hydrogen-bond donors (Lipinski definition) is 0. The number of thioether (sulfide) groups is 1. The first-order valence-corrected chi connectivity index (χ1v) is 9.57. The Morgan fingerprint density at radius 3 is 2.58 bits per heavy atom. The van der Waals surface area contributed by atoms with Gasteiger partial charge in [-0.15, -0.1) is 0 Å². The third kappa shape index (κ3) is 3.83. The second-order valence-electron chi connectivity index (χ2n) is 5.77. The monoisotopic (exact) mass is 408 g/mol. The minimum atomic E-state index is -0.250. The Morgan fingerprint density at radius 2 is 1.85 bits per heavy atom. The molecular weight excluding hydrogens is 395 g/mol. The van der Waals surface area contributed by atoms with Gasteiger partial charge in [-0.2, -0.15) is 4.99 Å². The topological polar surface area (TPSA) is 55.0 Å². The third-order valence-corrected chi connectivity index (χ3v) is 5.42. The van der Waals surface area contributed by atoms with Crippen molar-refractivity contribution in [2.24, 2.45) is 4.99 Å². The van der Waals surface area contributed by atoms with Crippen molar-refractivity contribution in [3.8, 4) is 11.3 Å². The van der Waals surface area contributed by atoms with Crippen LogP contribution in [-0.4, -0.2) is 42.3 Å². The second kappa shape index (κ2) is 7.48. The van der Waals surface area contributed by atoms with E-state index < -0.39 is 0 Å². The zero-order valence-corrected chi connectivity index (χ0v) is 15.9. The maximum atomic E-state index is 12.2. The van der Waals surface area contributed by atoms with Crippen LogP contribution >= 0.6 is 35.0 Å². The van der Waals surface area contributed by atoms with E-state index in [1.54, 1.807) is 30.3 Å². The van der Waals surface area contributed by atoms with E-state index >= 15 is 0 Å². The normalized spacial score (nSPS) is 19.3. The van der Waals surface area contributed by atoms with Crippen LogP contribution in [0.25, 0.3) is 17.4 Å². The van der Waals surface area contributed by atoms with E-state index in [1.807, 2.05) is 6.07 Å². The molecule has 2 aliphatic rings. The molecule has 0 unspecified atom stereocenters. The van der Waals surface area contributed by atoms with Crippen molar-refractivity contribution < 1.29 is 13.9 Å². The lowest BCUT2D eigenvalue weighted by atomic mass is 10.2. The maximum absolute atomic E-state index is 12.2. The van der Waals surface area contributed by atoms with Gasteiger partial charge in [0.15, 0.2) is 5.17 Å². The van der Waals surface area contributed by atoms with Gasteiger partial charge >= 0.3 is 0 Å². The van der Waals surface area contributed by atoms with Crippen LogP contribution in [-0.2, 0) is 9.53 Å². The lowest BCUT2D eigenvalue weighted by Gasteiger charge is -2.27. The van der Waals surface area contributed by atoms with Crippen LogP contribution in [0.3, 0.4) is 0 Å². The molecule has 26 heavy (non-hydrogen) atoms. The molecule has 0 saturated carbocycles. The number of ether oxygens (including phenoxy) is 1. The number of furan rings is 1. The van der Waals surface area contributed by atoms with E-state index in [1.165, 1.54) is 11.8 Å². The van der Waals surface area contributed by atoms with E-state index in [4.69, 9.17) is 32.4 Å². The Balaban J connectivity index is 1.52. The molecule has 1 amide bonds. The Hall–Kier alpha value is -1.73. The highest BCUT2D eigenvalue weighted by Crippen LogP contribution is 2.33. The van der Waals surface area contributed by atoms with Crippen LogP contribution < -0.4 is 0 Å². The van der Waals surface area contributed by atoms with E-state index in [-0.39, 0.29) is 5.91 Å². The quantitative estimate of drug-likeness (QED) is 0.681. The summed E-state index contributed by atoms with van der Waals surface area (Å²) in [4.78, 5) is 18.9. The molecule has 1 aromatic carbocycles. The van der Waals surface area contributed by atoms with Gasteiger partial charge in [0.05, 0.1) is 18.1 Å². The summed E-state index contributed by atoms with van der Waals surface area (Å²) in [7, 11) is 0. The SMILES string of the molecule is O=C1N=C(N2CCOCC2)SC1=Cc1ccc(-c2cc(Cl)cc(Cl)c2)o1. The molecule has 2 aliphatic heterocycles. The number of carbonyl (C=O) groups excluding carboxylic acids is 1. The molecular formula is C18H14Cl2N2O3S. The molecule has 1 fully saturated rings. The average Bonchev–Trinajstić information content (AvgIpc) is 3.23. The maximum Gasteiger partial charge on any atom is 0.286 e. The summed E-state index contributed by atoms with van der Waals surface area (Å²) in [6.45, 7) is 2.78. The Kier molecular flexibility index (Phi) is 5.09. The van der Waals surface area contributed by atoms with Crippen molar-refractivity contribution in [1.29, 1.82) is 0 Å². The number of aliphatic imine (C=N–C) groups is 1. The van der Waals surface area contributed by atoms with Crippen molar-refractivity contribution in [1.82, 2.24) is 4.90 Å². The van der Waals surface area contributed by atoms with Crippen molar-refractivity contribution in [3.63, 3.8) is 0 Å². The van der Waals surface area contributed by atoms with Gasteiger partial charge in [0.1, 0.15) is 11.5 Å². The first-order chi connectivity index (χ1) is 12.6. The van der Waals surface area contributed by atoms with E-state index in [0.29, 0.717) is 39.7 Å². The van der Waals surface area contributed by atoms with Gasteiger partial charge < -0.3 is 14.1 Å². The van der Waals surface area contributed by atoms with Gasteiger partial charge in [0.2, 0.25) is 0 Å². The average molecular weight is 409 g/mol. The number of hydrogen-bond acceptors (Lipinski definition) is 5. The van der Waals surface area contributed by atoms with Crippen LogP contribution in [0.4, 0.5) is 0 Å². The van der Waals surface area contributed by atoms with Crippen LogP contribution in [0.1, 0.15) is 5.76 Å². The van der Waals surface area contributed by atoms with Gasteiger partial charge in [-0.05, 0) is 42.1 Å². The van der Waals surface area contributed by atoms with Crippen LogP contribution in [0, 0.1) is 0 Å². The van der Waals surface area contributed by atoms with Crippen molar-refractivity contribution in [2.75, 3.05) is 26.3 Å². The summed E-state index contributed by atoms with van der Waals surface area (Å²) in [5, 5.41) is 1.79. The third-order valence-electron chi connectivity index (χ3n) is 3.94. The fourth-order valence-electron chi connectivity index (χ4n) is 2.70. The Labute approximate surface area is 164 Å². The number of carbonyl (C=O) groups is 1. The Morgan fingerprint density at radius 1 is 1.12 bits per heavy atom. The predicted octanol–water partition coefficient (Wildman–Crippen LogP) is 4.56. The summed E-state index contributed by atoms with van der Waals surface area (Å²) in [6.07, 6.45) is 1.71. The largest absolute Gasteiger partial charge is 0.457 e. The van der Waals surface area contributed by atoms with E-state index in [2.05, 4.69) is 9.89 Å². The minimum absolute atomic E-state index is 0.250. The summed E-state index contributed by atoms with van der Waals surface area (Å²) in [6, 6.07) is 8.84. The van der Waals surface area contributed by atoms with E-state index in [0.717, 1.165) is 23.8 Å². The van der Waals surface area contributed by atoms with Crippen LogP contribution in [0.2, 0.25) is 10.0 Å². The van der Waals surface area contributed by atoms with E-state index in [9.17, 15) is 4.79 Å². The van der Waals surface area contributed by atoms with Gasteiger partial charge in [0.25, 0.3) is 5.91 Å². The second-order valence-corrected chi connectivity index (χ2v) is 7.65. The number of rotatable bonds is 2. The molecule has 8 heteroatoms. The highest BCUT2D eigenvalue weighted by atomic mass is 35.5. The number of halogens is 2. The molecule has 5 nitrogen and oxygen atoms in total. The smallest absolute Gasteiger partial charge is 0.286 e. The zero-order valence-electron chi connectivity index (χ0n) is 13.6. The molecule has 0 radical (unpaired) electrons. The number of nitrogens with zero attached hydrogens (tertiary/aromatic N) is 2. The molecule has 0 aliphatic carbocycles. The first-order valence-electron chi connectivity index (χ1n) is 8.00. The minimum Gasteiger partial charge on any atom is -0.457 e. The zero-order chi connectivity index (χ0) is 18.1. The number of benzene rings is 1. The molecule has 0 atom stereocenters. The Bertz CT molecular complexity index is 897. The molecule has 1 saturated heterocycles. The molecule has 3 heterocycles. The van der Waals surface area contributed by atoms with Crippen molar-refractivity contribution in [2.45, 2.75) is 0 Å². The van der Waals surface area contributed by atoms with Crippen LogP contribution in [0.5, 0.6) is 0 Å². The standard InChI is InChI=1S/C18H14Cl2N2O3S/c19-12-7-11(8-13(20)9-12)15-2-1-14(25-15)10-16-17(23)21-18(26-16)22-3-5-24-6-4-22/h1-2,7-10H,3-6H2. The molecule has 0 N–H and O–H groups in total. The number of amidine groups is 1. The lowest BCUT2D eigenvalue weighted by molar-refractivity contribution is -0.113. The molecule has 2 aromatic rings. The summed E-state index contributed by atoms with van der Waals surface area (Å²) < 4.78 is 11.2. The molecule has 4 rings (SSSR count). The number of morpholine rings is 1. The summed E-state index contributed by atoms with van der Waals surface area (Å²) >= 11 is 13.4. The van der Waals surface area contributed by atoms with Crippen molar-refractivity contribution >= 4 is 52.1 Å². The highest BCUT2D eigenvalue weighted by molar-refractivity contribution is 8.18.